The second-order valence-electron chi connectivity index (χ2n) is 2.95. The molecule has 0 atom stereocenters. The van der Waals surface area contributed by atoms with Gasteiger partial charge in [-0.1, -0.05) is 12.1 Å². The molecule has 0 fully saturated rings. The molecule has 0 unspecified atom stereocenters. The van der Waals surface area contributed by atoms with Crippen molar-refractivity contribution in [2.24, 2.45) is 0 Å². The number of rotatable bonds is 3. The van der Waals surface area contributed by atoms with Crippen molar-refractivity contribution in [3.05, 3.63) is 51.8 Å². The van der Waals surface area contributed by atoms with Crippen molar-refractivity contribution in [2.75, 3.05) is 0 Å². The van der Waals surface area contributed by atoms with E-state index in [-0.39, 0.29) is 16.8 Å². The first-order valence-corrected chi connectivity index (χ1v) is 4.16. The monoisotopic (exact) mass is 207 g/mol. The van der Waals surface area contributed by atoms with E-state index >= 15 is 0 Å². The molecule has 0 spiro atoms. The van der Waals surface area contributed by atoms with Crippen molar-refractivity contribution in [3.63, 3.8) is 0 Å². The van der Waals surface area contributed by atoms with Crippen LogP contribution in [0.3, 0.4) is 0 Å². The molecule has 78 valence electrons. The first kappa shape index (κ1) is 10.9. The molecule has 0 aliphatic heterocycles. The first-order chi connectivity index (χ1) is 7.06. The number of benzene rings is 1. The molecule has 15 heavy (non-hydrogen) atoms. The quantitative estimate of drug-likeness (QED) is 0.271. The number of hydrogen-bond acceptors (Lipinski definition) is 4. The molecule has 1 rings (SSSR count). The number of carbonyl (C=O) groups excluding carboxylic acids is 1. The number of aliphatic hydroxyl groups excluding tert-OH is 1. The van der Waals surface area contributed by atoms with Gasteiger partial charge in [0.2, 0.25) is 0 Å². The predicted octanol–water partition coefficient (Wildman–Crippen LogP) is 2.24. The number of nitro groups is 1. The Morgan fingerprint density at radius 2 is 2.20 bits per heavy atom. The van der Waals surface area contributed by atoms with Crippen LogP contribution in [0.2, 0.25) is 0 Å². The average Bonchev–Trinajstić information content (AvgIpc) is 2.27. The van der Waals surface area contributed by atoms with Crippen LogP contribution in [-0.2, 0) is 0 Å². The summed E-state index contributed by atoms with van der Waals surface area (Å²) in [7, 11) is 0. The van der Waals surface area contributed by atoms with Crippen LogP contribution in [0.25, 0.3) is 0 Å². The fourth-order valence-corrected chi connectivity index (χ4v) is 1.05. The minimum Gasteiger partial charge on any atom is -0.515 e. The van der Waals surface area contributed by atoms with E-state index in [0.29, 0.717) is 6.26 Å². The Hall–Kier alpha value is -2.17. The van der Waals surface area contributed by atoms with Gasteiger partial charge in [0.15, 0.2) is 5.78 Å². The third-order valence-corrected chi connectivity index (χ3v) is 1.87. The fourth-order valence-electron chi connectivity index (χ4n) is 1.05. The van der Waals surface area contributed by atoms with Gasteiger partial charge in [-0.15, -0.1) is 0 Å². The maximum Gasteiger partial charge on any atom is 0.270 e. The molecule has 0 aromatic heterocycles. The Labute approximate surface area is 85.8 Å². The maximum absolute atomic E-state index is 11.5. The Balaban J connectivity index is 3.11. The molecule has 1 N–H and O–H groups in total. The highest BCUT2D eigenvalue weighted by Gasteiger charge is 2.12. The Morgan fingerprint density at radius 3 is 2.73 bits per heavy atom. The lowest BCUT2D eigenvalue weighted by Gasteiger charge is -1.99. The van der Waals surface area contributed by atoms with Crippen molar-refractivity contribution >= 4 is 11.5 Å². The number of ketones is 1. The minimum atomic E-state index is -0.575. The van der Waals surface area contributed by atoms with Crippen molar-refractivity contribution in [3.8, 4) is 0 Å². The summed E-state index contributed by atoms with van der Waals surface area (Å²) in [6, 6.07) is 5.36. The van der Waals surface area contributed by atoms with Gasteiger partial charge >= 0.3 is 0 Å². The fraction of sp³-hybridized carbons (Fsp3) is 0.100. The zero-order valence-electron chi connectivity index (χ0n) is 8.01. The highest BCUT2D eigenvalue weighted by atomic mass is 16.6. The van der Waals surface area contributed by atoms with Crippen LogP contribution in [-0.4, -0.2) is 15.8 Å². The van der Waals surface area contributed by atoms with Gasteiger partial charge < -0.3 is 5.11 Å². The van der Waals surface area contributed by atoms with E-state index < -0.39 is 10.7 Å². The van der Waals surface area contributed by atoms with E-state index in [1.54, 1.807) is 0 Å². The van der Waals surface area contributed by atoms with Gasteiger partial charge in [0.1, 0.15) is 0 Å². The van der Waals surface area contributed by atoms with E-state index in [2.05, 4.69) is 0 Å². The molecule has 0 aliphatic carbocycles. The summed E-state index contributed by atoms with van der Waals surface area (Å²) in [4.78, 5) is 21.4. The summed E-state index contributed by atoms with van der Waals surface area (Å²) in [5, 5.41) is 19.1. The van der Waals surface area contributed by atoms with Gasteiger partial charge in [-0.3, -0.25) is 14.9 Å². The van der Waals surface area contributed by atoms with E-state index in [0.717, 1.165) is 0 Å². The lowest BCUT2D eigenvalue weighted by atomic mass is 10.1. The number of nitro benzene ring substituents is 1. The smallest absolute Gasteiger partial charge is 0.270 e. The van der Waals surface area contributed by atoms with Crippen LogP contribution in [0.15, 0.2) is 36.1 Å². The highest BCUT2D eigenvalue weighted by Crippen LogP contribution is 2.15. The second-order valence-corrected chi connectivity index (χ2v) is 2.95. The first-order valence-electron chi connectivity index (χ1n) is 4.16. The van der Waals surface area contributed by atoms with Crippen molar-refractivity contribution in [1.82, 2.24) is 0 Å². The van der Waals surface area contributed by atoms with E-state index in [9.17, 15) is 14.9 Å². The summed E-state index contributed by atoms with van der Waals surface area (Å²) in [6.45, 7) is 1.43. The van der Waals surface area contributed by atoms with Crippen molar-refractivity contribution < 1.29 is 14.8 Å². The maximum atomic E-state index is 11.5. The highest BCUT2D eigenvalue weighted by molar-refractivity contribution is 6.08. The molecule has 1 aromatic rings. The van der Waals surface area contributed by atoms with E-state index in [4.69, 9.17) is 5.11 Å². The molecule has 0 amide bonds. The van der Waals surface area contributed by atoms with Gasteiger partial charge in [-0.25, -0.2) is 0 Å². The summed E-state index contributed by atoms with van der Waals surface area (Å²) in [5.74, 6) is -0.429. The molecule has 0 radical (unpaired) electrons. The normalized spacial score (nSPS) is 11.1. The van der Waals surface area contributed by atoms with Gasteiger partial charge in [0, 0.05) is 23.3 Å². The minimum absolute atomic E-state index is 0.135. The molecule has 0 saturated heterocycles. The van der Waals surface area contributed by atoms with Crippen molar-refractivity contribution in [2.45, 2.75) is 6.92 Å². The zero-order valence-corrected chi connectivity index (χ0v) is 8.01. The Bertz CT molecular complexity index is 437. The molecule has 5 nitrogen and oxygen atoms in total. The lowest BCUT2D eigenvalue weighted by Crippen LogP contribution is -2.01. The Kier molecular flexibility index (Phi) is 3.17. The standard InChI is InChI=1S/C10H9NO4/c1-7(6-12)10(13)8-3-2-4-9(5-8)11(14)15/h2-6,12H,1H3. The topological polar surface area (TPSA) is 80.4 Å². The molecular formula is C10H9NO4. The SMILES string of the molecule is CC(=CO)C(=O)c1cccc([N+](=O)[O-])c1. The number of aliphatic hydroxyl groups is 1. The van der Waals surface area contributed by atoms with E-state index in [1.165, 1.54) is 31.2 Å². The molecule has 5 heteroatoms. The third-order valence-electron chi connectivity index (χ3n) is 1.87. The van der Waals surface area contributed by atoms with Gasteiger partial charge in [0.25, 0.3) is 5.69 Å². The molecule has 1 aromatic carbocycles. The van der Waals surface area contributed by atoms with Crippen LogP contribution in [0.5, 0.6) is 0 Å². The molecular weight excluding hydrogens is 198 g/mol. The number of carbonyl (C=O) groups is 1. The van der Waals surface area contributed by atoms with Gasteiger partial charge in [-0.2, -0.15) is 0 Å². The van der Waals surface area contributed by atoms with Crippen LogP contribution in [0, 0.1) is 10.1 Å². The van der Waals surface area contributed by atoms with Crippen LogP contribution in [0.1, 0.15) is 17.3 Å². The van der Waals surface area contributed by atoms with Crippen LogP contribution >= 0.6 is 0 Å². The molecule has 0 heterocycles. The third kappa shape index (κ3) is 2.40. The van der Waals surface area contributed by atoms with E-state index in [1.807, 2.05) is 0 Å². The lowest BCUT2D eigenvalue weighted by molar-refractivity contribution is -0.384. The number of nitrogens with zero attached hydrogens (tertiary/aromatic N) is 1. The van der Waals surface area contributed by atoms with Crippen LogP contribution < -0.4 is 0 Å². The molecule has 0 bridgehead atoms. The Morgan fingerprint density at radius 1 is 1.53 bits per heavy atom. The summed E-state index contributed by atoms with van der Waals surface area (Å²) < 4.78 is 0. The summed E-state index contributed by atoms with van der Waals surface area (Å²) in [6.07, 6.45) is 0.682. The van der Waals surface area contributed by atoms with Crippen LogP contribution in [0.4, 0.5) is 5.69 Å². The number of hydrogen-bond donors (Lipinski definition) is 1. The number of allylic oxidation sites excluding steroid dienone is 1. The summed E-state index contributed by atoms with van der Waals surface area (Å²) in [5.41, 5.74) is 0.175. The average molecular weight is 207 g/mol. The van der Waals surface area contributed by atoms with Gasteiger partial charge in [0.05, 0.1) is 11.2 Å². The number of Topliss-reactive ketones (excluding diaryl/α,β-unsaturated/α-hetero) is 1. The van der Waals surface area contributed by atoms with Gasteiger partial charge in [-0.05, 0) is 6.92 Å². The molecule has 0 aliphatic rings. The van der Waals surface area contributed by atoms with Crippen molar-refractivity contribution in [1.29, 1.82) is 0 Å². The molecule has 0 saturated carbocycles. The number of non-ortho nitro benzene ring substituents is 1. The largest absolute Gasteiger partial charge is 0.515 e. The zero-order chi connectivity index (χ0) is 11.4. The summed E-state index contributed by atoms with van der Waals surface area (Å²) >= 11 is 0. The predicted molar refractivity (Wildman–Crippen MR) is 53.8 cm³/mol. The second kappa shape index (κ2) is 4.36.